The Hall–Kier alpha value is 1.21. The summed E-state index contributed by atoms with van der Waals surface area (Å²) in [5.74, 6) is 0. The Bertz CT molecular complexity index is 31.1. The maximum atomic E-state index is 3.60. The molecule has 1 atom stereocenters. The summed E-state index contributed by atoms with van der Waals surface area (Å²) in [7, 11) is 0. The molecule has 0 saturated carbocycles. The predicted molar refractivity (Wildman–Crippen MR) is 79.1 cm³/mol. The molecule has 0 aromatic carbocycles. The summed E-state index contributed by atoms with van der Waals surface area (Å²) in [6, 6.07) is 0. The largest absolute Gasteiger partial charge is 3.00 e. The molecule has 0 aliphatic heterocycles. The second-order valence-electron chi connectivity index (χ2n) is 2.56. The molecule has 0 bridgehead atoms. The van der Waals surface area contributed by atoms with Crippen LogP contribution in [0.15, 0.2) is 0 Å². The van der Waals surface area contributed by atoms with E-state index in [-0.39, 0.29) is 38.8 Å². The van der Waals surface area contributed by atoms with Crippen molar-refractivity contribution in [2.45, 2.75) is 59.3 Å². The molecule has 0 rings (SSSR count). The third kappa shape index (κ3) is 150. The molecule has 0 aromatic heterocycles. The summed E-state index contributed by atoms with van der Waals surface area (Å²) in [6.07, 6.45) is 6.83. The molecular formula is C12H31ClNiP. The maximum Gasteiger partial charge on any atom is 3.00 e. The van der Waals surface area contributed by atoms with Crippen LogP contribution in [0.3, 0.4) is 0 Å². The van der Waals surface area contributed by atoms with Crippen LogP contribution < -0.4 is 0 Å². The molecule has 0 spiro atoms. The Morgan fingerprint density at radius 3 is 0.733 bits per heavy atom. The van der Waals surface area contributed by atoms with Crippen LogP contribution in [0.25, 0.3) is 0 Å². The number of unbranched alkanes of at least 4 members (excludes halogenated alkanes) is 3. The van der Waals surface area contributed by atoms with E-state index in [1.165, 1.54) is 19.3 Å². The van der Waals surface area contributed by atoms with Gasteiger partial charge in [0.2, 0.25) is 0 Å². The van der Waals surface area contributed by atoms with Crippen molar-refractivity contribution in [2.24, 2.45) is 0 Å². The van der Waals surface area contributed by atoms with Crippen molar-refractivity contribution >= 4 is 22.3 Å². The summed E-state index contributed by atoms with van der Waals surface area (Å²) in [6.45, 7) is 17.2. The van der Waals surface area contributed by atoms with Gasteiger partial charge < -0.3 is 20.8 Å². The van der Waals surface area contributed by atoms with Crippen molar-refractivity contribution in [3.05, 3.63) is 20.8 Å². The second-order valence-corrected chi connectivity index (χ2v) is 2.56. The van der Waals surface area contributed by atoms with Gasteiger partial charge in [-0.2, -0.15) is 29.2 Å². The molecule has 3 heteroatoms. The Morgan fingerprint density at radius 1 is 0.667 bits per heavy atom. The van der Waals surface area contributed by atoms with E-state index < -0.39 is 0 Å². The van der Waals surface area contributed by atoms with Crippen molar-refractivity contribution in [3.8, 4) is 0 Å². The van der Waals surface area contributed by atoms with E-state index in [0.29, 0.717) is 0 Å². The third-order valence-corrected chi connectivity index (χ3v) is 1.06. The SMILES string of the molecule is Cl.P.[CH2-]CCC.[CH2-]CCC.[CH2-]CCC.[Ni+3]. The molecule has 101 valence electrons. The fourth-order valence-electron chi connectivity index (χ4n) is 0. The summed E-state index contributed by atoms with van der Waals surface area (Å²) in [5, 5.41) is 0. The van der Waals surface area contributed by atoms with Crippen LogP contribution in [0.1, 0.15) is 59.3 Å². The Labute approximate surface area is 119 Å². The molecule has 0 aromatic rings. The summed E-state index contributed by atoms with van der Waals surface area (Å²) >= 11 is 0. The fourth-order valence-corrected chi connectivity index (χ4v) is 0. The molecule has 0 saturated heterocycles. The number of rotatable bonds is 3. The minimum Gasteiger partial charge on any atom is -0.343 e. The fraction of sp³-hybridized carbons (Fsp3) is 0.750. The monoisotopic (exact) mass is 299 g/mol. The molecule has 0 aliphatic rings. The average Bonchev–Trinajstić information content (AvgIpc) is 2.18. The molecular weight excluding hydrogens is 269 g/mol. The van der Waals surface area contributed by atoms with Crippen molar-refractivity contribution in [3.63, 3.8) is 0 Å². The van der Waals surface area contributed by atoms with Gasteiger partial charge in [0.05, 0.1) is 0 Å². The smallest absolute Gasteiger partial charge is 0.343 e. The van der Waals surface area contributed by atoms with Gasteiger partial charge in [-0.3, -0.25) is 0 Å². The first kappa shape index (κ1) is 36.0. The van der Waals surface area contributed by atoms with Gasteiger partial charge in [0.25, 0.3) is 0 Å². The quantitative estimate of drug-likeness (QED) is 0.375. The van der Waals surface area contributed by atoms with E-state index >= 15 is 0 Å². The van der Waals surface area contributed by atoms with Crippen molar-refractivity contribution in [1.29, 1.82) is 0 Å². The first-order chi connectivity index (χ1) is 5.74. The van der Waals surface area contributed by atoms with E-state index in [1.54, 1.807) is 0 Å². The van der Waals surface area contributed by atoms with Gasteiger partial charge in [0.1, 0.15) is 0 Å². The van der Waals surface area contributed by atoms with Crippen LogP contribution in [-0.4, -0.2) is 0 Å². The Balaban J connectivity index is -0.0000000184. The van der Waals surface area contributed by atoms with Crippen LogP contribution in [0.5, 0.6) is 0 Å². The van der Waals surface area contributed by atoms with E-state index in [4.69, 9.17) is 0 Å². The zero-order chi connectivity index (χ0) is 10.2. The van der Waals surface area contributed by atoms with E-state index in [9.17, 15) is 0 Å². The minimum atomic E-state index is 0. The van der Waals surface area contributed by atoms with Crippen molar-refractivity contribution in [2.75, 3.05) is 0 Å². The molecule has 1 unspecified atom stereocenters. The number of hydrogen-bond donors (Lipinski definition) is 0. The van der Waals surface area contributed by atoms with Crippen molar-refractivity contribution < 1.29 is 16.5 Å². The van der Waals surface area contributed by atoms with Gasteiger partial charge in [-0.05, 0) is 0 Å². The van der Waals surface area contributed by atoms with Gasteiger partial charge in [-0.25, -0.2) is 0 Å². The second kappa shape index (κ2) is 59.1. The number of halogens is 1. The van der Waals surface area contributed by atoms with E-state index in [1.807, 2.05) is 0 Å². The normalized spacial score (nSPS) is 6.00. The Morgan fingerprint density at radius 2 is 0.733 bits per heavy atom. The van der Waals surface area contributed by atoms with Crippen LogP contribution >= 0.6 is 22.3 Å². The van der Waals surface area contributed by atoms with Gasteiger partial charge in [-0.1, -0.05) is 40.0 Å². The van der Waals surface area contributed by atoms with Gasteiger partial charge in [-0.15, -0.1) is 12.4 Å². The minimum absolute atomic E-state index is 0. The third-order valence-electron chi connectivity index (χ3n) is 1.06. The average molecular weight is 300 g/mol. The molecule has 0 N–H and O–H groups in total. The topological polar surface area (TPSA) is 0 Å². The van der Waals surface area contributed by atoms with Crippen molar-refractivity contribution in [1.82, 2.24) is 0 Å². The first-order valence-electron chi connectivity index (χ1n) is 5.12. The standard InChI is InChI=1S/3C4H9.ClH.Ni.H3P/c3*1-3-4-2;;;/h3*1,3-4H2,2H3;1H;;1H3/q3*-1;;+3;. The molecule has 15 heavy (non-hydrogen) atoms. The van der Waals surface area contributed by atoms with Crippen LogP contribution in [-0.2, 0) is 16.5 Å². The molecule has 0 nitrogen and oxygen atoms in total. The Kier molecular flexibility index (Phi) is 142. The zero-order valence-corrected chi connectivity index (χ0v) is 14.0. The molecule has 0 aliphatic carbocycles. The van der Waals surface area contributed by atoms with Crippen LogP contribution in [0, 0.1) is 20.8 Å². The molecule has 0 amide bonds. The van der Waals surface area contributed by atoms with Gasteiger partial charge in [0.15, 0.2) is 0 Å². The number of hydrogen-bond acceptors (Lipinski definition) is 0. The summed E-state index contributed by atoms with van der Waals surface area (Å²) in [4.78, 5) is 0. The van der Waals surface area contributed by atoms with E-state index in [2.05, 4.69) is 41.5 Å². The first-order valence-corrected chi connectivity index (χ1v) is 5.12. The van der Waals surface area contributed by atoms with Gasteiger partial charge in [0, 0.05) is 0 Å². The summed E-state index contributed by atoms with van der Waals surface area (Å²) < 4.78 is 0. The van der Waals surface area contributed by atoms with E-state index in [0.717, 1.165) is 19.3 Å². The van der Waals surface area contributed by atoms with Gasteiger partial charge >= 0.3 is 16.5 Å². The van der Waals surface area contributed by atoms with Crippen LogP contribution in [0.2, 0.25) is 0 Å². The summed E-state index contributed by atoms with van der Waals surface area (Å²) in [5.41, 5.74) is 0. The van der Waals surface area contributed by atoms with Crippen LogP contribution in [0.4, 0.5) is 0 Å². The molecule has 0 heterocycles. The molecule has 0 fully saturated rings. The predicted octanol–water partition coefficient (Wildman–Crippen LogP) is 5.34. The zero-order valence-electron chi connectivity index (χ0n) is 10.8. The molecule has 1 radical (unpaired) electrons. The maximum absolute atomic E-state index is 3.60.